The first-order valence-corrected chi connectivity index (χ1v) is 7.43. The summed E-state index contributed by atoms with van der Waals surface area (Å²) in [7, 11) is 1.82. The summed E-state index contributed by atoms with van der Waals surface area (Å²) in [6, 6.07) is 9.19. The van der Waals surface area contributed by atoms with Crippen molar-refractivity contribution in [2.75, 3.05) is 13.6 Å². The van der Waals surface area contributed by atoms with E-state index in [9.17, 15) is 0 Å². The van der Waals surface area contributed by atoms with Crippen molar-refractivity contribution in [3.05, 3.63) is 35.4 Å². The van der Waals surface area contributed by atoms with Crippen LogP contribution in [0.5, 0.6) is 0 Å². The Morgan fingerprint density at radius 1 is 1.24 bits per heavy atom. The summed E-state index contributed by atoms with van der Waals surface area (Å²) in [5.74, 6) is 0.875. The van der Waals surface area contributed by atoms with Crippen LogP contribution < -0.4 is 10.6 Å². The molecule has 1 aromatic carbocycles. The van der Waals surface area contributed by atoms with E-state index in [1.54, 1.807) is 0 Å². The maximum atomic E-state index is 4.28. The van der Waals surface area contributed by atoms with Crippen LogP contribution in [0.1, 0.15) is 45.2 Å². The van der Waals surface area contributed by atoms with Gasteiger partial charge in [0.25, 0.3) is 0 Å². The number of guanidine groups is 1. The monoisotopic (exact) mass is 403 g/mol. The molecule has 0 bridgehead atoms. The van der Waals surface area contributed by atoms with E-state index in [2.05, 4.69) is 74.5 Å². The lowest BCUT2D eigenvalue weighted by Crippen LogP contribution is -2.46. The third-order valence-electron chi connectivity index (χ3n) is 3.75. The zero-order chi connectivity index (χ0) is 15.2. The van der Waals surface area contributed by atoms with Crippen molar-refractivity contribution in [3.8, 4) is 0 Å². The lowest BCUT2D eigenvalue weighted by molar-refractivity contribution is 0.504. The number of benzene rings is 1. The van der Waals surface area contributed by atoms with Gasteiger partial charge in [0.15, 0.2) is 5.96 Å². The van der Waals surface area contributed by atoms with Crippen molar-refractivity contribution in [2.24, 2.45) is 4.99 Å². The highest BCUT2D eigenvalue weighted by Crippen LogP contribution is 2.22. The Balaban J connectivity index is 0.00000400. The first-order valence-electron chi connectivity index (χ1n) is 7.43. The molecule has 3 nitrogen and oxygen atoms in total. The second-order valence-corrected chi connectivity index (χ2v) is 6.13. The molecule has 0 aliphatic carbocycles. The van der Waals surface area contributed by atoms with Gasteiger partial charge >= 0.3 is 0 Å². The molecule has 0 aliphatic rings. The number of aliphatic imine (C=N–C) groups is 1. The average Bonchev–Trinajstić information content (AvgIpc) is 2.43. The molecule has 1 rings (SSSR count). The fourth-order valence-corrected chi connectivity index (χ4v) is 1.94. The minimum Gasteiger partial charge on any atom is -0.356 e. The second-order valence-electron chi connectivity index (χ2n) is 6.13. The van der Waals surface area contributed by atoms with Crippen molar-refractivity contribution >= 4 is 29.9 Å². The normalized spacial score (nSPS) is 13.3. The highest BCUT2D eigenvalue weighted by Gasteiger charge is 2.20. The van der Waals surface area contributed by atoms with Crippen molar-refractivity contribution in [3.63, 3.8) is 0 Å². The number of nitrogens with zero attached hydrogens (tertiary/aromatic N) is 1. The van der Waals surface area contributed by atoms with E-state index in [1.165, 1.54) is 11.1 Å². The molecule has 0 fully saturated rings. The molecule has 0 saturated heterocycles. The fraction of sp³-hybridized carbons (Fsp3) is 0.588. The molecular formula is C17H30IN3. The molecule has 0 aromatic heterocycles. The van der Waals surface area contributed by atoms with E-state index < -0.39 is 0 Å². The fourth-order valence-electron chi connectivity index (χ4n) is 1.94. The Hall–Kier alpha value is -0.780. The number of rotatable bonds is 5. The summed E-state index contributed by atoms with van der Waals surface area (Å²) < 4.78 is 0. The van der Waals surface area contributed by atoms with Crippen molar-refractivity contribution in [1.82, 2.24) is 10.6 Å². The van der Waals surface area contributed by atoms with Crippen molar-refractivity contribution in [1.29, 1.82) is 0 Å². The van der Waals surface area contributed by atoms with E-state index in [0.29, 0.717) is 6.04 Å². The van der Waals surface area contributed by atoms with Gasteiger partial charge < -0.3 is 10.6 Å². The van der Waals surface area contributed by atoms with Gasteiger partial charge in [-0.05, 0) is 25.8 Å². The summed E-state index contributed by atoms with van der Waals surface area (Å²) >= 11 is 0. The zero-order valence-electron chi connectivity index (χ0n) is 14.2. The van der Waals surface area contributed by atoms with Crippen LogP contribution in [0.3, 0.4) is 0 Å². The Bertz CT molecular complexity index is 438. The SMILES string of the molecule is CCC(C)NC(=NC)NCC(C)(C)c1ccc(C)cc1.I. The van der Waals surface area contributed by atoms with Gasteiger partial charge in [0.1, 0.15) is 0 Å². The third kappa shape index (κ3) is 6.68. The highest BCUT2D eigenvalue weighted by molar-refractivity contribution is 14.0. The van der Waals surface area contributed by atoms with E-state index in [0.717, 1.165) is 18.9 Å². The van der Waals surface area contributed by atoms with Crippen LogP contribution >= 0.6 is 24.0 Å². The van der Waals surface area contributed by atoms with Crippen molar-refractivity contribution in [2.45, 2.75) is 52.5 Å². The molecular weight excluding hydrogens is 373 g/mol. The van der Waals surface area contributed by atoms with E-state index in [4.69, 9.17) is 0 Å². The topological polar surface area (TPSA) is 36.4 Å². The van der Waals surface area contributed by atoms with Gasteiger partial charge in [0.2, 0.25) is 0 Å². The predicted octanol–water partition coefficient (Wildman–Crippen LogP) is 3.85. The molecule has 1 atom stereocenters. The first-order chi connectivity index (χ1) is 9.39. The lowest BCUT2D eigenvalue weighted by Gasteiger charge is -2.27. The molecule has 21 heavy (non-hydrogen) atoms. The van der Waals surface area contributed by atoms with Crippen LogP contribution in [0, 0.1) is 6.92 Å². The molecule has 2 N–H and O–H groups in total. The molecule has 1 unspecified atom stereocenters. The summed E-state index contributed by atoms with van der Waals surface area (Å²) in [5.41, 5.74) is 2.71. The highest BCUT2D eigenvalue weighted by atomic mass is 127. The van der Waals surface area contributed by atoms with Gasteiger partial charge in [-0.25, -0.2) is 0 Å². The number of nitrogens with one attached hydrogen (secondary N) is 2. The molecule has 0 heterocycles. The van der Waals surface area contributed by atoms with Gasteiger partial charge in [-0.1, -0.05) is 50.6 Å². The van der Waals surface area contributed by atoms with Crippen LogP contribution in [-0.2, 0) is 5.41 Å². The van der Waals surface area contributed by atoms with Crippen LogP contribution in [-0.4, -0.2) is 25.6 Å². The molecule has 0 amide bonds. The first kappa shape index (κ1) is 20.2. The largest absolute Gasteiger partial charge is 0.356 e. The minimum atomic E-state index is 0. The van der Waals surface area contributed by atoms with Gasteiger partial charge in [-0.2, -0.15) is 0 Å². The standard InChI is InChI=1S/C17H29N3.HI/c1-7-14(3)20-16(18-6)19-12-17(4,5)15-10-8-13(2)9-11-15;/h8-11,14H,7,12H2,1-6H3,(H2,18,19,20);1H. The molecule has 0 spiro atoms. The van der Waals surface area contributed by atoms with Crippen LogP contribution in [0.4, 0.5) is 0 Å². The Morgan fingerprint density at radius 3 is 2.29 bits per heavy atom. The molecule has 1 aromatic rings. The summed E-state index contributed by atoms with van der Waals surface area (Å²) in [5, 5.41) is 6.82. The zero-order valence-corrected chi connectivity index (χ0v) is 16.5. The predicted molar refractivity (Wildman–Crippen MR) is 104 cm³/mol. The summed E-state index contributed by atoms with van der Waals surface area (Å²) in [6.07, 6.45) is 1.09. The second kappa shape index (κ2) is 9.28. The molecule has 120 valence electrons. The van der Waals surface area contributed by atoms with E-state index >= 15 is 0 Å². The van der Waals surface area contributed by atoms with Crippen molar-refractivity contribution < 1.29 is 0 Å². The maximum Gasteiger partial charge on any atom is 0.191 e. The van der Waals surface area contributed by atoms with Gasteiger partial charge in [-0.3, -0.25) is 4.99 Å². The van der Waals surface area contributed by atoms with Gasteiger partial charge in [0.05, 0.1) is 0 Å². The van der Waals surface area contributed by atoms with Gasteiger partial charge in [0, 0.05) is 25.0 Å². The number of hydrogen-bond donors (Lipinski definition) is 2. The number of hydrogen-bond acceptors (Lipinski definition) is 1. The van der Waals surface area contributed by atoms with E-state index in [-0.39, 0.29) is 29.4 Å². The van der Waals surface area contributed by atoms with Gasteiger partial charge in [-0.15, -0.1) is 24.0 Å². The van der Waals surface area contributed by atoms with Crippen LogP contribution in [0.15, 0.2) is 29.3 Å². The number of aryl methyl sites for hydroxylation is 1. The Kier molecular flexibility index (Phi) is 8.94. The average molecular weight is 403 g/mol. The molecule has 0 radical (unpaired) electrons. The Morgan fingerprint density at radius 2 is 1.81 bits per heavy atom. The summed E-state index contributed by atoms with van der Waals surface area (Å²) in [4.78, 5) is 4.28. The lowest BCUT2D eigenvalue weighted by atomic mass is 9.84. The third-order valence-corrected chi connectivity index (χ3v) is 3.75. The number of halogens is 1. The molecule has 0 saturated carbocycles. The van der Waals surface area contributed by atoms with E-state index in [1.807, 2.05) is 7.05 Å². The molecule has 4 heteroatoms. The maximum absolute atomic E-state index is 4.28. The minimum absolute atomic E-state index is 0. The smallest absolute Gasteiger partial charge is 0.191 e. The quantitative estimate of drug-likeness (QED) is 0.445. The Labute approximate surface area is 147 Å². The molecule has 0 aliphatic heterocycles. The summed E-state index contributed by atoms with van der Waals surface area (Å²) in [6.45, 7) is 11.8. The van der Waals surface area contributed by atoms with Crippen LogP contribution in [0.2, 0.25) is 0 Å². The van der Waals surface area contributed by atoms with Crippen LogP contribution in [0.25, 0.3) is 0 Å².